The molecular weight excluding hydrogens is 380 g/mol. The third-order valence-corrected chi connectivity index (χ3v) is 5.67. The van der Waals surface area contributed by atoms with Crippen molar-refractivity contribution in [2.24, 2.45) is 0 Å². The van der Waals surface area contributed by atoms with Crippen LogP contribution in [0.4, 0.5) is 0 Å². The number of hydrogen-bond acceptors (Lipinski definition) is 5. The number of imide groups is 1. The summed E-state index contributed by atoms with van der Waals surface area (Å²) in [5, 5.41) is 13.5. The van der Waals surface area contributed by atoms with Gasteiger partial charge in [0.05, 0.1) is 5.69 Å². The summed E-state index contributed by atoms with van der Waals surface area (Å²) in [4.78, 5) is 42.5. The van der Waals surface area contributed by atoms with E-state index in [0.717, 1.165) is 21.9 Å². The largest absolute Gasteiger partial charge is 0.322 e. The molecule has 0 aliphatic carbocycles. The van der Waals surface area contributed by atoms with E-state index in [2.05, 4.69) is 16.4 Å². The van der Waals surface area contributed by atoms with Gasteiger partial charge in [-0.3, -0.25) is 19.7 Å². The van der Waals surface area contributed by atoms with Gasteiger partial charge < -0.3 is 4.90 Å². The number of nitrogens with zero attached hydrogens (tertiary/aromatic N) is 3. The van der Waals surface area contributed by atoms with Crippen molar-refractivity contribution >= 4 is 28.5 Å². The van der Waals surface area contributed by atoms with Crippen LogP contribution in [0.15, 0.2) is 48.5 Å². The average Bonchev–Trinajstić information content (AvgIpc) is 3.08. The summed E-state index contributed by atoms with van der Waals surface area (Å²) in [6.45, 7) is 0.299. The maximum atomic E-state index is 12.8. The van der Waals surface area contributed by atoms with Crippen molar-refractivity contribution in [1.82, 2.24) is 15.2 Å². The van der Waals surface area contributed by atoms with E-state index in [1.807, 2.05) is 42.5 Å². The Hall–Kier alpha value is -4.05. The third kappa shape index (κ3) is 2.81. The highest BCUT2D eigenvalue weighted by Crippen LogP contribution is 2.32. The van der Waals surface area contributed by atoms with Crippen molar-refractivity contribution in [2.75, 3.05) is 0 Å². The molecule has 7 heteroatoms. The molecule has 2 aliphatic heterocycles. The Morgan fingerprint density at radius 2 is 1.93 bits per heavy atom. The fourth-order valence-electron chi connectivity index (χ4n) is 4.17. The number of fused-ring (bicyclic) bond motifs is 2. The first-order valence-corrected chi connectivity index (χ1v) is 9.63. The van der Waals surface area contributed by atoms with Gasteiger partial charge in [-0.1, -0.05) is 30.3 Å². The monoisotopic (exact) mass is 396 g/mol. The summed E-state index contributed by atoms with van der Waals surface area (Å²) in [5.41, 5.74) is 3.15. The van der Waals surface area contributed by atoms with E-state index in [0.29, 0.717) is 29.9 Å². The Labute approximate surface area is 171 Å². The van der Waals surface area contributed by atoms with Crippen LogP contribution >= 0.6 is 0 Å². The molecular formula is C23H16N4O3. The molecule has 2 aliphatic rings. The van der Waals surface area contributed by atoms with Crippen molar-refractivity contribution in [1.29, 1.82) is 5.26 Å². The van der Waals surface area contributed by atoms with Crippen molar-refractivity contribution in [2.45, 2.75) is 25.4 Å². The fourth-order valence-corrected chi connectivity index (χ4v) is 4.17. The Balaban J connectivity index is 1.51. The maximum absolute atomic E-state index is 12.8. The van der Waals surface area contributed by atoms with Crippen molar-refractivity contribution in [3.63, 3.8) is 0 Å². The highest BCUT2D eigenvalue weighted by Gasteiger charge is 2.39. The molecule has 146 valence electrons. The number of nitrogens with one attached hydrogen (secondary N) is 1. The lowest BCUT2D eigenvalue weighted by Gasteiger charge is -2.29. The highest BCUT2D eigenvalue weighted by atomic mass is 16.2. The zero-order chi connectivity index (χ0) is 20.8. The lowest BCUT2D eigenvalue weighted by atomic mass is 10.0. The van der Waals surface area contributed by atoms with Crippen LogP contribution in [-0.4, -0.2) is 33.6 Å². The molecule has 0 bridgehead atoms. The first-order valence-electron chi connectivity index (χ1n) is 9.63. The minimum atomic E-state index is -0.643. The van der Waals surface area contributed by atoms with Crippen LogP contribution in [0.25, 0.3) is 22.0 Å². The second kappa shape index (κ2) is 6.78. The summed E-state index contributed by atoms with van der Waals surface area (Å²) < 4.78 is 0. The standard InChI is InChI=1S/C23H16N4O3/c24-11-19-16-4-2-1-3-13(16)10-18(25-19)14-5-6-17-15(9-14)12-27(23(17)30)20-7-8-21(28)26-22(20)29/h1-6,9-10,20H,7-8,12H2,(H,26,28,29)/t20-/m0/s1. The number of benzene rings is 2. The second-order valence-electron chi connectivity index (χ2n) is 7.46. The smallest absolute Gasteiger partial charge is 0.255 e. The van der Waals surface area contributed by atoms with E-state index < -0.39 is 11.9 Å². The van der Waals surface area contributed by atoms with Crippen LogP contribution < -0.4 is 5.32 Å². The lowest BCUT2D eigenvalue weighted by molar-refractivity contribution is -0.136. The SMILES string of the molecule is N#Cc1nc(-c2ccc3c(c2)CN([C@H]2CCC(=O)NC2=O)C3=O)cc2ccccc12. The molecule has 5 rings (SSSR count). The summed E-state index contributed by atoms with van der Waals surface area (Å²) in [6.07, 6.45) is 0.550. The zero-order valence-corrected chi connectivity index (χ0v) is 15.9. The van der Waals surface area contributed by atoms with Gasteiger partial charge in [-0.2, -0.15) is 5.26 Å². The summed E-state index contributed by atoms with van der Waals surface area (Å²) in [5.74, 6) is -0.948. The molecule has 0 saturated carbocycles. The van der Waals surface area contributed by atoms with Gasteiger partial charge in [0.2, 0.25) is 11.8 Å². The molecule has 1 atom stereocenters. The maximum Gasteiger partial charge on any atom is 0.255 e. The van der Waals surface area contributed by atoms with E-state index in [1.165, 1.54) is 4.90 Å². The number of hydrogen-bond donors (Lipinski definition) is 1. The second-order valence-corrected chi connectivity index (χ2v) is 7.46. The van der Waals surface area contributed by atoms with E-state index in [9.17, 15) is 19.6 Å². The number of nitriles is 1. The molecule has 0 radical (unpaired) electrons. The Kier molecular flexibility index (Phi) is 4.07. The minimum Gasteiger partial charge on any atom is -0.322 e. The normalized spacial score (nSPS) is 18.3. The van der Waals surface area contributed by atoms with Gasteiger partial charge in [0.15, 0.2) is 0 Å². The molecule has 0 spiro atoms. The first-order chi connectivity index (χ1) is 14.5. The molecule has 0 unspecified atom stereocenters. The molecule has 3 amide bonds. The molecule has 3 aromatic rings. The summed E-state index contributed by atoms with van der Waals surface area (Å²) >= 11 is 0. The van der Waals surface area contributed by atoms with Gasteiger partial charge in [0, 0.05) is 29.5 Å². The number of carbonyl (C=O) groups is 3. The topological polar surface area (TPSA) is 103 Å². The first kappa shape index (κ1) is 18.0. The van der Waals surface area contributed by atoms with Gasteiger partial charge in [0.1, 0.15) is 17.8 Å². The molecule has 1 saturated heterocycles. The van der Waals surface area contributed by atoms with Crippen molar-refractivity contribution < 1.29 is 14.4 Å². The lowest BCUT2D eigenvalue weighted by Crippen LogP contribution is -2.52. The highest BCUT2D eigenvalue weighted by molar-refractivity contribution is 6.05. The van der Waals surface area contributed by atoms with E-state index >= 15 is 0 Å². The van der Waals surface area contributed by atoms with E-state index in [4.69, 9.17) is 0 Å². The van der Waals surface area contributed by atoms with Crippen LogP contribution in [0.3, 0.4) is 0 Å². The number of aromatic nitrogens is 1. The zero-order valence-electron chi connectivity index (χ0n) is 15.9. The minimum absolute atomic E-state index is 0.213. The van der Waals surface area contributed by atoms with Gasteiger partial charge >= 0.3 is 0 Å². The van der Waals surface area contributed by atoms with Crippen LogP contribution in [0.5, 0.6) is 0 Å². The number of carbonyl (C=O) groups excluding carboxylic acids is 3. The summed E-state index contributed by atoms with van der Waals surface area (Å²) in [7, 11) is 0. The average molecular weight is 396 g/mol. The predicted molar refractivity (Wildman–Crippen MR) is 108 cm³/mol. The number of piperidine rings is 1. The van der Waals surface area contributed by atoms with Crippen LogP contribution in [0, 0.1) is 11.3 Å². The molecule has 2 aromatic carbocycles. The molecule has 30 heavy (non-hydrogen) atoms. The number of rotatable bonds is 2. The van der Waals surface area contributed by atoms with E-state index in [1.54, 1.807) is 6.07 Å². The van der Waals surface area contributed by atoms with Crippen LogP contribution in [0.2, 0.25) is 0 Å². The van der Waals surface area contributed by atoms with E-state index in [-0.39, 0.29) is 18.2 Å². The van der Waals surface area contributed by atoms with Gasteiger partial charge in [-0.05, 0) is 35.6 Å². The molecule has 1 N–H and O–H groups in total. The molecule has 7 nitrogen and oxygen atoms in total. The van der Waals surface area contributed by atoms with Gasteiger partial charge in [0.25, 0.3) is 5.91 Å². The molecule has 3 heterocycles. The van der Waals surface area contributed by atoms with Crippen molar-refractivity contribution in [3.8, 4) is 17.3 Å². The van der Waals surface area contributed by atoms with Gasteiger partial charge in [-0.15, -0.1) is 0 Å². The quantitative estimate of drug-likeness (QED) is 0.671. The van der Waals surface area contributed by atoms with Crippen LogP contribution in [0.1, 0.15) is 34.5 Å². The molecule has 1 fully saturated rings. The number of pyridine rings is 1. The molecule has 1 aromatic heterocycles. The Morgan fingerprint density at radius 3 is 2.73 bits per heavy atom. The van der Waals surface area contributed by atoms with Crippen molar-refractivity contribution in [3.05, 3.63) is 65.4 Å². The predicted octanol–water partition coefficient (Wildman–Crippen LogP) is 2.53. The fraction of sp³-hybridized carbons (Fsp3) is 0.174. The number of amides is 3. The summed E-state index contributed by atoms with van der Waals surface area (Å²) in [6, 6.07) is 16.4. The third-order valence-electron chi connectivity index (χ3n) is 5.67. The Morgan fingerprint density at radius 1 is 1.10 bits per heavy atom. The van der Waals surface area contributed by atoms with Crippen LogP contribution in [-0.2, 0) is 16.1 Å². The Bertz CT molecular complexity index is 1290. The van der Waals surface area contributed by atoms with Gasteiger partial charge in [-0.25, -0.2) is 4.98 Å².